The molecule has 11 heteroatoms. The number of nitrogens with zero attached hydrogens (tertiary/aromatic N) is 4. The fraction of sp³-hybridized carbons (Fsp3) is 0.0870. The van der Waals surface area contributed by atoms with Crippen LogP contribution >= 0.6 is 23.4 Å². The summed E-state index contributed by atoms with van der Waals surface area (Å²) in [5.41, 5.74) is 2.61. The van der Waals surface area contributed by atoms with Gasteiger partial charge in [-0.25, -0.2) is 4.39 Å². The molecule has 170 valence electrons. The molecule has 1 aromatic heterocycles. The Morgan fingerprint density at radius 3 is 2.74 bits per heavy atom. The van der Waals surface area contributed by atoms with Gasteiger partial charge in [0.1, 0.15) is 10.8 Å². The molecule has 34 heavy (non-hydrogen) atoms. The van der Waals surface area contributed by atoms with Crippen LogP contribution < -0.4 is 10.1 Å². The number of nitrogens with one attached hydrogen (secondary N) is 1. The first-order valence-corrected chi connectivity index (χ1v) is 11.4. The zero-order valence-corrected chi connectivity index (χ0v) is 18.9. The van der Waals surface area contributed by atoms with Crippen LogP contribution in [0.1, 0.15) is 17.4 Å². The Labute approximate surface area is 202 Å². The maximum absolute atomic E-state index is 14.0. The van der Waals surface area contributed by atoms with E-state index in [0.29, 0.717) is 39.0 Å². The Hall–Kier alpha value is -3.76. The van der Waals surface area contributed by atoms with E-state index in [1.54, 1.807) is 24.3 Å². The molecule has 3 aromatic carbocycles. The summed E-state index contributed by atoms with van der Waals surface area (Å²) in [7, 11) is 0. The summed E-state index contributed by atoms with van der Waals surface area (Å²) in [6, 6.07) is 18.3. The fourth-order valence-corrected chi connectivity index (χ4v) is 4.40. The lowest BCUT2D eigenvalue weighted by molar-refractivity contribution is -0.384. The summed E-state index contributed by atoms with van der Waals surface area (Å²) >= 11 is 7.20. The molecule has 5 rings (SSSR count). The molecule has 0 radical (unpaired) electrons. The highest BCUT2D eigenvalue weighted by atomic mass is 35.5. The monoisotopic (exact) mass is 495 g/mol. The van der Waals surface area contributed by atoms with Crippen molar-refractivity contribution in [3.63, 3.8) is 0 Å². The number of para-hydroxylation sites is 1. The Morgan fingerprint density at radius 2 is 1.91 bits per heavy atom. The summed E-state index contributed by atoms with van der Waals surface area (Å²) in [5.74, 6) is 0.206. The zero-order chi connectivity index (χ0) is 23.7. The first-order valence-electron chi connectivity index (χ1n) is 10.1. The van der Waals surface area contributed by atoms with Crippen LogP contribution in [-0.4, -0.2) is 20.1 Å². The molecule has 1 N–H and O–H groups in total. The van der Waals surface area contributed by atoms with Gasteiger partial charge in [-0.05, 0) is 23.8 Å². The Balaban J connectivity index is 1.51. The van der Waals surface area contributed by atoms with E-state index in [-0.39, 0.29) is 22.4 Å². The standard InChI is InChI=1S/C23H15ClFN5O3S/c24-16-10-9-13(11-19(16)30(31)32)21-26-18-8-4-2-6-15(18)20-22(33-21)27-23(29-28-20)34-12-14-5-1-3-7-17(14)25/h1-11,21,26H,12H2/t21-/m1/s1. The highest BCUT2D eigenvalue weighted by molar-refractivity contribution is 7.98. The molecule has 0 unspecified atom stereocenters. The van der Waals surface area contributed by atoms with Gasteiger partial charge in [0.2, 0.25) is 11.0 Å². The zero-order valence-electron chi connectivity index (χ0n) is 17.3. The summed E-state index contributed by atoms with van der Waals surface area (Å²) < 4.78 is 20.1. The molecule has 0 saturated carbocycles. The average molecular weight is 496 g/mol. The van der Waals surface area contributed by atoms with Crippen LogP contribution in [0.3, 0.4) is 0 Å². The predicted molar refractivity (Wildman–Crippen MR) is 126 cm³/mol. The minimum absolute atomic E-state index is 0.0268. The highest BCUT2D eigenvalue weighted by Crippen LogP contribution is 2.40. The predicted octanol–water partition coefficient (Wildman–Crippen LogP) is 6.03. The van der Waals surface area contributed by atoms with E-state index in [0.717, 1.165) is 0 Å². The number of hydrogen-bond donors (Lipinski definition) is 1. The number of rotatable bonds is 5. The van der Waals surface area contributed by atoms with Crippen LogP contribution in [0.4, 0.5) is 15.8 Å². The van der Waals surface area contributed by atoms with Gasteiger partial charge in [-0.2, -0.15) is 4.98 Å². The highest BCUT2D eigenvalue weighted by Gasteiger charge is 2.27. The second-order valence-corrected chi connectivity index (χ2v) is 8.63. The lowest BCUT2D eigenvalue weighted by Crippen LogP contribution is -2.17. The van der Waals surface area contributed by atoms with E-state index < -0.39 is 11.2 Å². The minimum Gasteiger partial charge on any atom is -0.448 e. The van der Waals surface area contributed by atoms with Gasteiger partial charge in [0.25, 0.3) is 5.69 Å². The number of halogens is 2. The van der Waals surface area contributed by atoms with Crippen LogP contribution in [0, 0.1) is 15.9 Å². The second-order valence-electron chi connectivity index (χ2n) is 7.28. The van der Waals surface area contributed by atoms with Gasteiger partial charge in [0, 0.05) is 28.6 Å². The molecule has 8 nitrogen and oxygen atoms in total. The number of anilines is 1. The molecule has 1 aliphatic heterocycles. The van der Waals surface area contributed by atoms with Crippen molar-refractivity contribution in [2.24, 2.45) is 0 Å². The molecule has 4 aromatic rings. The van der Waals surface area contributed by atoms with Crippen molar-refractivity contribution in [2.75, 3.05) is 5.32 Å². The van der Waals surface area contributed by atoms with Crippen molar-refractivity contribution in [3.8, 4) is 17.1 Å². The van der Waals surface area contributed by atoms with E-state index in [2.05, 4.69) is 20.5 Å². The van der Waals surface area contributed by atoms with Gasteiger partial charge in [-0.3, -0.25) is 10.1 Å². The van der Waals surface area contributed by atoms with Crippen molar-refractivity contribution < 1.29 is 14.1 Å². The molecular weight excluding hydrogens is 481 g/mol. The summed E-state index contributed by atoms with van der Waals surface area (Å²) in [6.45, 7) is 0. The van der Waals surface area contributed by atoms with Crippen LogP contribution in [0.25, 0.3) is 11.3 Å². The molecule has 0 saturated heterocycles. The lowest BCUT2D eigenvalue weighted by Gasteiger charge is -2.19. The Bertz CT molecular complexity index is 1410. The quantitative estimate of drug-likeness (QED) is 0.203. The number of nitro benzene ring substituents is 1. The van der Waals surface area contributed by atoms with Crippen LogP contribution in [-0.2, 0) is 5.75 Å². The topological polar surface area (TPSA) is 103 Å². The molecule has 0 bridgehead atoms. The van der Waals surface area contributed by atoms with Crippen molar-refractivity contribution >= 4 is 34.7 Å². The third-order valence-corrected chi connectivity index (χ3v) is 6.32. The summed E-state index contributed by atoms with van der Waals surface area (Å²) in [5, 5.41) is 23.5. The second kappa shape index (κ2) is 9.24. The molecule has 1 aliphatic rings. The van der Waals surface area contributed by atoms with Gasteiger partial charge in [0.15, 0.2) is 11.9 Å². The first-order chi connectivity index (χ1) is 16.5. The van der Waals surface area contributed by atoms with Gasteiger partial charge in [-0.15, -0.1) is 10.2 Å². The number of aromatic nitrogens is 3. The third-order valence-electron chi connectivity index (χ3n) is 5.12. The van der Waals surface area contributed by atoms with Crippen LogP contribution in [0.15, 0.2) is 71.9 Å². The number of fused-ring (bicyclic) bond motifs is 3. The van der Waals surface area contributed by atoms with E-state index in [1.165, 1.54) is 30.0 Å². The maximum Gasteiger partial charge on any atom is 0.288 e. The van der Waals surface area contributed by atoms with E-state index in [9.17, 15) is 14.5 Å². The van der Waals surface area contributed by atoms with Crippen molar-refractivity contribution in [3.05, 3.63) is 98.8 Å². The molecular formula is C23H15ClFN5O3S. The lowest BCUT2D eigenvalue weighted by atomic mass is 10.1. The SMILES string of the molecule is O=[N+]([O-])c1cc([C@@H]2Nc3ccccc3-c3nnc(SCc4ccccc4F)nc3O2)ccc1Cl. The van der Waals surface area contributed by atoms with Gasteiger partial charge < -0.3 is 10.1 Å². The summed E-state index contributed by atoms with van der Waals surface area (Å²) in [6.07, 6.45) is -0.806. The van der Waals surface area contributed by atoms with E-state index in [1.807, 2.05) is 24.3 Å². The Kier molecular flexibility index (Phi) is 5.99. The number of thioether (sulfide) groups is 1. The van der Waals surface area contributed by atoms with Crippen molar-refractivity contribution in [1.29, 1.82) is 0 Å². The maximum atomic E-state index is 14.0. The molecule has 0 amide bonds. The summed E-state index contributed by atoms with van der Waals surface area (Å²) in [4.78, 5) is 15.3. The number of nitro groups is 1. The van der Waals surface area contributed by atoms with Gasteiger partial charge >= 0.3 is 0 Å². The fourth-order valence-electron chi connectivity index (χ4n) is 3.45. The van der Waals surface area contributed by atoms with Crippen LogP contribution in [0.2, 0.25) is 5.02 Å². The Morgan fingerprint density at radius 1 is 1.12 bits per heavy atom. The van der Waals surface area contributed by atoms with Gasteiger partial charge in [-0.1, -0.05) is 65.8 Å². The first kappa shape index (κ1) is 22.1. The number of benzene rings is 3. The molecule has 0 fully saturated rings. The van der Waals surface area contributed by atoms with Crippen molar-refractivity contribution in [2.45, 2.75) is 17.1 Å². The van der Waals surface area contributed by atoms with Crippen molar-refractivity contribution in [1.82, 2.24) is 15.2 Å². The molecule has 2 heterocycles. The normalized spacial score (nSPS) is 14.2. The van der Waals surface area contributed by atoms with E-state index >= 15 is 0 Å². The van der Waals surface area contributed by atoms with Gasteiger partial charge in [0.05, 0.1) is 4.92 Å². The average Bonchev–Trinajstić information content (AvgIpc) is 3.00. The van der Waals surface area contributed by atoms with Crippen LogP contribution in [0.5, 0.6) is 5.88 Å². The minimum atomic E-state index is -0.806. The number of hydrogen-bond acceptors (Lipinski definition) is 8. The number of ether oxygens (including phenoxy) is 1. The molecule has 0 aliphatic carbocycles. The largest absolute Gasteiger partial charge is 0.448 e. The third kappa shape index (κ3) is 4.37. The van der Waals surface area contributed by atoms with E-state index in [4.69, 9.17) is 16.3 Å². The smallest absolute Gasteiger partial charge is 0.288 e. The molecule has 0 spiro atoms. The molecule has 1 atom stereocenters.